The van der Waals surface area contributed by atoms with E-state index in [1.54, 1.807) is 0 Å². The highest BCUT2D eigenvalue weighted by atomic mass is 28.4. The quantitative estimate of drug-likeness (QED) is 0.294. The molecular weight excluding hydrogens is 372 g/mol. The molecule has 0 heterocycles. The van der Waals surface area contributed by atoms with Crippen LogP contribution in [0.5, 0.6) is 0 Å². The summed E-state index contributed by atoms with van der Waals surface area (Å²) in [6.45, 7) is 17.0. The molecular formula is C26H36O2Si. The summed E-state index contributed by atoms with van der Waals surface area (Å²) in [5.74, 6) is 0. The van der Waals surface area contributed by atoms with Crippen LogP contribution in [0.2, 0.25) is 11.1 Å². The Kier molecular flexibility index (Phi) is 8.63. The molecule has 0 aliphatic heterocycles. The van der Waals surface area contributed by atoms with Gasteiger partial charge in [-0.25, -0.2) is 0 Å². The molecule has 2 rings (SSSR count). The summed E-state index contributed by atoms with van der Waals surface area (Å²) in [5, 5.41) is 2.44. The molecule has 0 radical (unpaired) electrons. The van der Waals surface area contributed by atoms with Crippen LogP contribution < -0.4 is 0 Å². The van der Waals surface area contributed by atoms with E-state index in [4.69, 9.17) is 8.85 Å². The van der Waals surface area contributed by atoms with Gasteiger partial charge >= 0.3 is 8.56 Å². The summed E-state index contributed by atoms with van der Waals surface area (Å²) < 4.78 is 13.7. The second-order valence-corrected chi connectivity index (χ2v) is 12.3. The SMILES string of the molecule is C=CC(O[Si](OC(/C=C/C)/C=C/C)(C(C)C)C(C)C)c1ccc2ccccc2c1. The predicted octanol–water partition coefficient (Wildman–Crippen LogP) is 7.88. The first-order chi connectivity index (χ1) is 13.9. The van der Waals surface area contributed by atoms with E-state index in [9.17, 15) is 0 Å². The van der Waals surface area contributed by atoms with E-state index in [2.05, 4.69) is 88.9 Å². The third kappa shape index (κ3) is 5.56. The lowest BCUT2D eigenvalue weighted by atomic mass is 10.0. The van der Waals surface area contributed by atoms with Crippen LogP contribution in [-0.4, -0.2) is 14.7 Å². The van der Waals surface area contributed by atoms with Crippen molar-refractivity contribution in [2.45, 2.75) is 64.8 Å². The molecule has 0 aromatic heterocycles. The zero-order valence-electron chi connectivity index (χ0n) is 18.8. The van der Waals surface area contributed by atoms with Crippen molar-refractivity contribution in [3.05, 3.63) is 85.0 Å². The molecule has 0 aliphatic rings. The first-order valence-electron chi connectivity index (χ1n) is 10.6. The molecule has 2 nitrogen and oxygen atoms in total. The van der Waals surface area contributed by atoms with Crippen LogP contribution in [0.1, 0.15) is 53.2 Å². The Morgan fingerprint density at radius 2 is 1.41 bits per heavy atom. The maximum atomic E-state index is 6.90. The minimum absolute atomic E-state index is 0.0801. The van der Waals surface area contributed by atoms with Crippen molar-refractivity contribution < 1.29 is 8.85 Å². The monoisotopic (exact) mass is 408 g/mol. The molecule has 0 amide bonds. The van der Waals surface area contributed by atoms with Crippen molar-refractivity contribution in [1.29, 1.82) is 0 Å². The molecule has 0 saturated carbocycles. The largest absolute Gasteiger partial charge is 0.384 e. The highest BCUT2D eigenvalue weighted by molar-refractivity contribution is 6.70. The molecule has 0 saturated heterocycles. The van der Waals surface area contributed by atoms with E-state index >= 15 is 0 Å². The highest BCUT2D eigenvalue weighted by Crippen LogP contribution is 2.40. The number of allylic oxidation sites excluding steroid dienone is 2. The van der Waals surface area contributed by atoms with Gasteiger partial charge in [0.1, 0.15) is 0 Å². The molecule has 29 heavy (non-hydrogen) atoms. The van der Waals surface area contributed by atoms with Crippen molar-refractivity contribution in [2.24, 2.45) is 0 Å². The van der Waals surface area contributed by atoms with Crippen LogP contribution >= 0.6 is 0 Å². The Balaban J connectivity index is 2.44. The molecule has 156 valence electrons. The topological polar surface area (TPSA) is 18.5 Å². The van der Waals surface area contributed by atoms with Crippen LogP contribution in [0.4, 0.5) is 0 Å². The molecule has 1 unspecified atom stereocenters. The van der Waals surface area contributed by atoms with Crippen LogP contribution in [0, 0.1) is 0 Å². The molecule has 0 N–H and O–H groups in total. The highest BCUT2D eigenvalue weighted by Gasteiger charge is 2.47. The maximum absolute atomic E-state index is 6.90. The predicted molar refractivity (Wildman–Crippen MR) is 128 cm³/mol. The van der Waals surface area contributed by atoms with Gasteiger partial charge in [0, 0.05) is 0 Å². The summed E-state index contributed by atoms with van der Waals surface area (Å²) in [6.07, 6.45) is 9.89. The van der Waals surface area contributed by atoms with Gasteiger partial charge in [-0.3, -0.25) is 0 Å². The van der Waals surface area contributed by atoms with Gasteiger partial charge in [-0.15, -0.1) is 6.58 Å². The van der Waals surface area contributed by atoms with Gasteiger partial charge in [-0.1, -0.05) is 94.5 Å². The average Bonchev–Trinajstić information content (AvgIpc) is 2.70. The Bertz CT molecular complexity index is 831. The molecule has 1 atom stereocenters. The second kappa shape index (κ2) is 10.7. The molecule has 0 aliphatic carbocycles. The summed E-state index contributed by atoms with van der Waals surface area (Å²) >= 11 is 0. The van der Waals surface area contributed by atoms with Crippen LogP contribution in [0.15, 0.2) is 79.4 Å². The summed E-state index contributed by atoms with van der Waals surface area (Å²) in [4.78, 5) is 0. The van der Waals surface area contributed by atoms with E-state index in [-0.39, 0.29) is 12.2 Å². The first-order valence-corrected chi connectivity index (χ1v) is 12.6. The molecule has 0 bridgehead atoms. The zero-order chi connectivity index (χ0) is 21.4. The Morgan fingerprint density at radius 1 is 0.828 bits per heavy atom. The van der Waals surface area contributed by atoms with Crippen molar-refractivity contribution in [2.75, 3.05) is 0 Å². The smallest absolute Gasteiger partial charge is 0.344 e. The minimum atomic E-state index is -2.60. The lowest BCUT2D eigenvalue weighted by molar-refractivity contribution is 0.115. The van der Waals surface area contributed by atoms with Gasteiger partial charge in [0.05, 0.1) is 12.2 Å². The van der Waals surface area contributed by atoms with Crippen molar-refractivity contribution in [1.82, 2.24) is 0 Å². The van der Waals surface area contributed by atoms with Crippen molar-refractivity contribution in [3.63, 3.8) is 0 Å². The fourth-order valence-corrected chi connectivity index (χ4v) is 7.50. The lowest BCUT2D eigenvalue weighted by Crippen LogP contribution is -2.50. The summed E-state index contributed by atoms with van der Waals surface area (Å²) in [6, 6.07) is 14.9. The fourth-order valence-electron chi connectivity index (χ4n) is 3.81. The first kappa shape index (κ1) is 23.3. The third-order valence-electron chi connectivity index (χ3n) is 5.32. The number of fused-ring (bicyclic) bond motifs is 1. The van der Waals surface area contributed by atoms with Crippen molar-refractivity contribution >= 4 is 19.3 Å². The van der Waals surface area contributed by atoms with Crippen molar-refractivity contribution in [3.8, 4) is 0 Å². The molecule has 3 heteroatoms. The van der Waals surface area contributed by atoms with Gasteiger partial charge in [0.2, 0.25) is 0 Å². The molecule has 0 spiro atoms. The van der Waals surface area contributed by atoms with Gasteiger partial charge in [0.15, 0.2) is 0 Å². The normalized spacial score (nSPS) is 14.1. The zero-order valence-corrected chi connectivity index (χ0v) is 19.8. The van der Waals surface area contributed by atoms with E-state index in [1.807, 2.05) is 32.1 Å². The minimum Gasteiger partial charge on any atom is -0.384 e. The number of benzene rings is 2. The van der Waals surface area contributed by atoms with E-state index in [1.165, 1.54) is 10.8 Å². The van der Waals surface area contributed by atoms with Crippen LogP contribution in [0.25, 0.3) is 10.8 Å². The molecule has 2 aromatic carbocycles. The lowest BCUT2D eigenvalue weighted by Gasteiger charge is -2.41. The fraction of sp³-hybridized carbons (Fsp3) is 0.385. The van der Waals surface area contributed by atoms with Gasteiger partial charge in [-0.05, 0) is 47.3 Å². The van der Waals surface area contributed by atoms with Crippen LogP contribution in [-0.2, 0) is 8.85 Å². The van der Waals surface area contributed by atoms with Crippen LogP contribution in [0.3, 0.4) is 0 Å². The second-order valence-electron chi connectivity index (χ2n) is 8.05. The third-order valence-corrected chi connectivity index (χ3v) is 9.80. The van der Waals surface area contributed by atoms with Gasteiger partial charge in [-0.2, -0.15) is 0 Å². The Labute approximate surface area is 178 Å². The molecule has 0 fully saturated rings. The number of hydrogen-bond acceptors (Lipinski definition) is 2. The standard InChI is InChI=1S/C26H36O2Si/c1-8-13-25(14-9-2)27-29(20(4)5,21(6)7)28-26(10-3)24-18-17-22-15-11-12-16-23(22)19-24/h8-21,25-26H,3H2,1-2,4-7H3/b13-8+,14-9+. The van der Waals surface area contributed by atoms with E-state index in [0.29, 0.717) is 11.1 Å². The Morgan fingerprint density at radius 3 is 1.93 bits per heavy atom. The average molecular weight is 409 g/mol. The Hall–Kier alpha value is -1.94. The number of rotatable bonds is 10. The van der Waals surface area contributed by atoms with Gasteiger partial charge < -0.3 is 8.85 Å². The summed E-state index contributed by atoms with van der Waals surface area (Å²) in [5.41, 5.74) is 1.71. The number of hydrogen-bond donors (Lipinski definition) is 0. The van der Waals surface area contributed by atoms with Gasteiger partial charge in [0.25, 0.3) is 0 Å². The van der Waals surface area contributed by atoms with E-state index in [0.717, 1.165) is 5.56 Å². The summed E-state index contributed by atoms with van der Waals surface area (Å²) in [7, 11) is -2.60. The molecule has 2 aromatic rings. The maximum Gasteiger partial charge on any atom is 0.344 e. The van der Waals surface area contributed by atoms with E-state index < -0.39 is 8.56 Å².